The van der Waals surface area contributed by atoms with Crippen LogP contribution in [-0.2, 0) is 0 Å². The van der Waals surface area contributed by atoms with Gasteiger partial charge in [-0.1, -0.05) is 188 Å². The Balaban J connectivity index is 1.02. The molecule has 0 saturated heterocycles. The summed E-state index contributed by atoms with van der Waals surface area (Å²) in [6, 6.07) is 75.5. The highest BCUT2D eigenvalue weighted by Crippen LogP contribution is 2.40. The number of rotatable bonds is 6. The molecule has 3 heteroatoms. The van der Waals surface area contributed by atoms with Crippen molar-refractivity contribution >= 4 is 54.5 Å². The van der Waals surface area contributed by atoms with Crippen molar-refractivity contribution in [2.24, 2.45) is 0 Å². The van der Waals surface area contributed by atoms with Gasteiger partial charge in [0.15, 0.2) is 0 Å². The van der Waals surface area contributed by atoms with E-state index in [9.17, 15) is 0 Å². The summed E-state index contributed by atoms with van der Waals surface area (Å²) in [6.07, 6.45) is 1.93. The lowest BCUT2D eigenvalue weighted by atomic mass is 9.92. The van der Waals surface area contributed by atoms with Crippen LogP contribution in [0.15, 0.2) is 223 Å². The summed E-state index contributed by atoms with van der Waals surface area (Å²) in [5, 5.41) is 6.69. The average Bonchev–Trinajstić information content (AvgIpc) is 3.73. The van der Waals surface area contributed by atoms with Gasteiger partial charge in [0.2, 0.25) is 0 Å². The molecule has 10 aromatic carbocycles. The van der Waals surface area contributed by atoms with E-state index in [1.165, 1.54) is 22.3 Å². The van der Waals surface area contributed by atoms with Crippen LogP contribution in [0.2, 0.25) is 0 Å². The number of benzene rings is 10. The van der Waals surface area contributed by atoms with Gasteiger partial charge in [-0.05, 0) is 85.1 Å². The van der Waals surface area contributed by atoms with E-state index in [4.69, 9.17) is 14.4 Å². The molecule has 61 heavy (non-hydrogen) atoms. The summed E-state index contributed by atoms with van der Waals surface area (Å²) in [5.74, 6) is 0. The molecule has 0 amide bonds. The van der Waals surface area contributed by atoms with Crippen LogP contribution in [0.4, 0.5) is 0 Å². The van der Waals surface area contributed by atoms with Crippen LogP contribution in [0.5, 0.6) is 0 Å². The van der Waals surface area contributed by atoms with Crippen LogP contribution in [0, 0.1) is 0 Å². The zero-order valence-electron chi connectivity index (χ0n) is 33.1. The molecular weight excluding hydrogens is 741 g/mol. The molecule has 12 rings (SSSR count). The largest absolute Gasteiger partial charge is 0.455 e. The van der Waals surface area contributed by atoms with Gasteiger partial charge >= 0.3 is 0 Å². The maximum absolute atomic E-state index is 6.45. The fraction of sp³-hybridized carbons (Fsp3) is 0. The Kier molecular flexibility index (Phi) is 8.17. The summed E-state index contributed by atoms with van der Waals surface area (Å²) < 4.78 is 6.45. The second-order valence-corrected chi connectivity index (χ2v) is 15.7. The van der Waals surface area contributed by atoms with Crippen LogP contribution < -0.4 is 0 Å². The van der Waals surface area contributed by atoms with Crippen LogP contribution in [0.25, 0.3) is 121 Å². The van der Waals surface area contributed by atoms with Gasteiger partial charge in [-0.25, -0.2) is 4.98 Å². The van der Waals surface area contributed by atoms with Crippen molar-refractivity contribution in [3.05, 3.63) is 219 Å². The molecule has 0 N–H and O–H groups in total. The summed E-state index contributed by atoms with van der Waals surface area (Å²) in [4.78, 5) is 10.8. The van der Waals surface area contributed by atoms with Crippen LogP contribution >= 0.6 is 0 Å². The van der Waals surface area contributed by atoms with Gasteiger partial charge in [0.1, 0.15) is 11.2 Å². The quantitative estimate of drug-likeness (QED) is 0.158. The zero-order chi connectivity index (χ0) is 40.3. The van der Waals surface area contributed by atoms with Gasteiger partial charge in [0.05, 0.1) is 22.9 Å². The third-order valence-corrected chi connectivity index (χ3v) is 12.1. The minimum atomic E-state index is 0.817. The molecule has 0 unspecified atom stereocenters. The minimum absolute atomic E-state index is 0.817. The van der Waals surface area contributed by atoms with Crippen LogP contribution in [0.3, 0.4) is 0 Å². The first-order chi connectivity index (χ1) is 30.2. The lowest BCUT2D eigenvalue weighted by Gasteiger charge is -2.14. The number of para-hydroxylation sites is 2. The van der Waals surface area contributed by atoms with Crippen LogP contribution in [-0.4, -0.2) is 9.97 Å². The van der Waals surface area contributed by atoms with Gasteiger partial charge < -0.3 is 4.42 Å². The molecule has 0 fully saturated rings. The van der Waals surface area contributed by atoms with E-state index in [1.807, 2.05) is 18.3 Å². The molecule has 0 atom stereocenters. The monoisotopic (exact) mass is 776 g/mol. The van der Waals surface area contributed by atoms with Gasteiger partial charge in [-0.3, -0.25) is 4.98 Å². The highest BCUT2D eigenvalue weighted by Gasteiger charge is 2.17. The highest BCUT2D eigenvalue weighted by atomic mass is 16.3. The lowest BCUT2D eigenvalue weighted by Crippen LogP contribution is -1.94. The third-order valence-electron chi connectivity index (χ3n) is 12.1. The van der Waals surface area contributed by atoms with E-state index in [-0.39, 0.29) is 0 Å². The van der Waals surface area contributed by atoms with Gasteiger partial charge in [-0.2, -0.15) is 0 Å². The molecule has 0 bridgehead atoms. The zero-order valence-corrected chi connectivity index (χ0v) is 33.1. The van der Waals surface area contributed by atoms with Crippen molar-refractivity contribution in [3.8, 4) is 66.9 Å². The summed E-state index contributed by atoms with van der Waals surface area (Å²) in [6.45, 7) is 0. The molecule has 3 nitrogen and oxygen atoms in total. The highest BCUT2D eigenvalue weighted by molar-refractivity contribution is 6.24. The smallest absolute Gasteiger partial charge is 0.143 e. The van der Waals surface area contributed by atoms with Gasteiger partial charge in [0, 0.05) is 32.7 Å². The maximum atomic E-state index is 6.45. The first-order valence-electron chi connectivity index (χ1n) is 20.7. The molecule has 0 aliphatic carbocycles. The lowest BCUT2D eigenvalue weighted by molar-refractivity contribution is 0.670. The first-order valence-corrected chi connectivity index (χ1v) is 20.7. The van der Waals surface area contributed by atoms with Crippen molar-refractivity contribution < 1.29 is 4.42 Å². The molecular formula is C58H36N2O. The Bertz CT molecular complexity index is 3610. The Labute approximate surface area is 352 Å². The molecule has 2 aromatic heterocycles. The number of aromatic nitrogens is 2. The summed E-state index contributed by atoms with van der Waals surface area (Å²) in [5.41, 5.74) is 16.9. The Morgan fingerprint density at radius 2 is 0.770 bits per heavy atom. The van der Waals surface area contributed by atoms with E-state index in [0.29, 0.717) is 0 Å². The summed E-state index contributed by atoms with van der Waals surface area (Å²) in [7, 11) is 0. The maximum Gasteiger partial charge on any atom is 0.143 e. The van der Waals surface area contributed by atoms with Crippen molar-refractivity contribution in [2.75, 3.05) is 0 Å². The molecule has 284 valence electrons. The minimum Gasteiger partial charge on any atom is -0.455 e. The Morgan fingerprint density at radius 1 is 0.295 bits per heavy atom. The first kappa shape index (κ1) is 34.9. The number of hydrogen-bond donors (Lipinski definition) is 0. The molecule has 0 radical (unpaired) electrons. The third kappa shape index (κ3) is 6.06. The van der Waals surface area contributed by atoms with E-state index >= 15 is 0 Å². The van der Waals surface area contributed by atoms with E-state index in [0.717, 1.165) is 99.2 Å². The molecule has 0 spiro atoms. The predicted octanol–water partition coefficient (Wildman–Crippen LogP) is 15.8. The van der Waals surface area contributed by atoms with Crippen molar-refractivity contribution in [2.45, 2.75) is 0 Å². The molecule has 0 aliphatic heterocycles. The van der Waals surface area contributed by atoms with Crippen molar-refractivity contribution in [1.29, 1.82) is 0 Å². The van der Waals surface area contributed by atoms with Gasteiger partial charge in [0.25, 0.3) is 0 Å². The standard InChI is InChI=1S/C58H36N2O/c1-3-11-37(12-4-1)39-21-25-41(26-22-39)43-29-31-48-49-32-30-44(42-27-23-40(24-28-42)38-13-5-2-6-14-38)35-53(49)57-56(52(48)34-43)59-36-54(60-57)46-16-9-15-45(33-46)47-18-10-19-51-50-17-7-8-20-55(50)61-58(47)51/h1-36H. The molecule has 0 aliphatic rings. The van der Waals surface area contributed by atoms with Crippen molar-refractivity contribution in [3.63, 3.8) is 0 Å². The number of furan rings is 1. The predicted molar refractivity (Wildman–Crippen MR) is 254 cm³/mol. The second-order valence-electron chi connectivity index (χ2n) is 15.7. The van der Waals surface area contributed by atoms with Crippen LogP contribution in [0.1, 0.15) is 0 Å². The molecule has 12 aromatic rings. The average molecular weight is 777 g/mol. The number of hydrogen-bond acceptors (Lipinski definition) is 3. The SMILES string of the molecule is c1ccc(-c2ccc(-c3ccc4c5ccc(-c6ccc(-c7ccccc7)cc6)cc5c5nc(-c6cccc(-c7cccc8c7oc7ccccc78)c6)cnc5c4c3)cc2)cc1. The Hall–Kier alpha value is -8.14. The van der Waals surface area contributed by atoms with E-state index in [2.05, 4.69) is 200 Å². The summed E-state index contributed by atoms with van der Waals surface area (Å²) >= 11 is 0. The number of fused-ring (bicyclic) bond motifs is 9. The molecule has 2 heterocycles. The topological polar surface area (TPSA) is 38.9 Å². The van der Waals surface area contributed by atoms with Crippen molar-refractivity contribution in [1.82, 2.24) is 9.97 Å². The normalized spacial score (nSPS) is 11.6. The Morgan fingerprint density at radius 3 is 1.41 bits per heavy atom. The fourth-order valence-electron chi connectivity index (χ4n) is 9.01. The second kappa shape index (κ2) is 14.3. The van der Waals surface area contributed by atoms with E-state index in [1.54, 1.807) is 0 Å². The molecule has 0 saturated carbocycles. The fourth-order valence-corrected chi connectivity index (χ4v) is 9.01. The van der Waals surface area contributed by atoms with E-state index < -0.39 is 0 Å². The van der Waals surface area contributed by atoms with Gasteiger partial charge in [-0.15, -0.1) is 0 Å². The number of nitrogens with zero attached hydrogens (tertiary/aromatic N) is 2.